The molecular formula is C19H30N2O2. The van der Waals surface area contributed by atoms with Gasteiger partial charge in [-0.3, -0.25) is 0 Å². The SMILES string of the molecule is Cc1cc(C)cc(C(C)NC(=O)N(C)C2CCC(CO)CC2)c1. The number of hydrogen-bond donors (Lipinski definition) is 2. The smallest absolute Gasteiger partial charge is 0.317 e. The molecule has 1 aromatic carbocycles. The van der Waals surface area contributed by atoms with Gasteiger partial charge in [-0.2, -0.15) is 0 Å². The van der Waals surface area contributed by atoms with Crippen molar-refractivity contribution in [2.24, 2.45) is 5.92 Å². The van der Waals surface area contributed by atoms with Crippen molar-refractivity contribution >= 4 is 6.03 Å². The van der Waals surface area contributed by atoms with Gasteiger partial charge in [0, 0.05) is 19.7 Å². The number of rotatable bonds is 4. The topological polar surface area (TPSA) is 52.6 Å². The Morgan fingerprint density at radius 3 is 2.30 bits per heavy atom. The number of aliphatic hydroxyl groups excluding tert-OH is 1. The van der Waals surface area contributed by atoms with Crippen LogP contribution < -0.4 is 5.32 Å². The molecular weight excluding hydrogens is 288 g/mol. The van der Waals surface area contributed by atoms with Crippen molar-refractivity contribution in [3.63, 3.8) is 0 Å². The summed E-state index contributed by atoms with van der Waals surface area (Å²) in [5.74, 6) is 0.414. The quantitative estimate of drug-likeness (QED) is 0.892. The highest BCUT2D eigenvalue weighted by Gasteiger charge is 2.26. The molecule has 0 radical (unpaired) electrons. The number of amides is 2. The largest absolute Gasteiger partial charge is 0.396 e. The first-order valence-electron chi connectivity index (χ1n) is 8.63. The van der Waals surface area contributed by atoms with E-state index in [1.807, 2.05) is 18.9 Å². The maximum absolute atomic E-state index is 12.5. The minimum Gasteiger partial charge on any atom is -0.396 e. The predicted octanol–water partition coefficient (Wildman–Crippen LogP) is 3.56. The van der Waals surface area contributed by atoms with Crippen LogP contribution in [0.4, 0.5) is 4.79 Å². The highest BCUT2D eigenvalue weighted by Crippen LogP contribution is 2.27. The Morgan fingerprint density at radius 2 is 1.78 bits per heavy atom. The van der Waals surface area contributed by atoms with E-state index >= 15 is 0 Å². The van der Waals surface area contributed by atoms with Gasteiger partial charge in [0.25, 0.3) is 0 Å². The Labute approximate surface area is 139 Å². The zero-order valence-corrected chi connectivity index (χ0v) is 14.8. The standard InChI is InChI=1S/C19H30N2O2/c1-13-9-14(2)11-17(10-13)15(3)20-19(23)21(4)18-7-5-16(12-22)6-8-18/h9-11,15-16,18,22H,5-8,12H2,1-4H3,(H,20,23). The fourth-order valence-electron chi connectivity index (χ4n) is 3.51. The molecule has 0 bridgehead atoms. The van der Waals surface area contributed by atoms with E-state index < -0.39 is 0 Å². The Morgan fingerprint density at radius 1 is 1.22 bits per heavy atom. The molecule has 4 nitrogen and oxygen atoms in total. The lowest BCUT2D eigenvalue weighted by Crippen LogP contribution is -2.45. The molecule has 1 fully saturated rings. The molecule has 0 spiro atoms. The number of hydrogen-bond acceptors (Lipinski definition) is 2. The summed E-state index contributed by atoms with van der Waals surface area (Å²) in [6.45, 7) is 6.46. The number of urea groups is 1. The number of aryl methyl sites for hydroxylation is 2. The van der Waals surface area contributed by atoms with E-state index in [2.05, 4.69) is 37.4 Å². The molecule has 2 amide bonds. The Balaban J connectivity index is 1.92. The summed E-state index contributed by atoms with van der Waals surface area (Å²) in [5.41, 5.74) is 3.58. The lowest BCUT2D eigenvalue weighted by molar-refractivity contribution is 0.133. The van der Waals surface area contributed by atoms with Crippen LogP contribution in [0.1, 0.15) is 55.3 Å². The van der Waals surface area contributed by atoms with Crippen molar-refractivity contribution in [3.8, 4) is 0 Å². The number of benzene rings is 1. The van der Waals surface area contributed by atoms with Gasteiger partial charge < -0.3 is 15.3 Å². The summed E-state index contributed by atoms with van der Waals surface area (Å²) >= 11 is 0. The maximum atomic E-state index is 12.5. The van der Waals surface area contributed by atoms with Gasteiger partial charge >= 0.3 is 6.03 Å². The van der Waals surface area contributed by atoms with Gasteiger partial charge in [-0.15, -0.1) is 0 Å². The normalized spacial score (nSPS) is 22.5. The highest BCUT2D eigenvalue weighted by molar-refractivity contribution is 5.74. The lowest BCUT2D eigenvalue weighted by Gasteiger charge is -2.34. The molecule has 1 saturated carbocycles. The van der Waals surface area contributed by atoms with Crippen molar-refractivity contribution in [3.05, 3.63) is 34.9 Å². The summed E-state index contributed by atoms with van der Waals surface area (Å²) in [5, 5.41) is 12.3. The minimum absolute atomic E-state index is 0.00247. The number of aliphatic hydroxyl groups is 1. The molecule has 0 aliphatic heterocycles. The molecule has 0 saturated heterocycles. The maximum Gasteiger partial charge on any atom is 0.317 e. The van der Waals surface area contributed by atoms with Gasteiger partial charge in [0.15, 0.2) is 0 Å². The highest BCUT2D eigenvalue weighted by atomic mass is 16.3. The minimum atomic E-state index is -0.0101. The van der Waals surface area contributed by atoms with Gasteiger partial charge in [0.1, 0.15) is 0 Å². The number of nitrogens with one attached hydrogen (secondary N) is 1. The van der Waals surface area contributed by atoms with Crippen molar-refractivity contribution in [2.45, 2.75) is 58.5 Å². The van der Waals surface area contributed by atoms with Gasteiger partial charge in [-0.1, -0.05) is 29.3 Å². The Hall–Kier alpha value is -1.55. The fourth-order valence-corrected chi connectivity index (χ4v) is 3.51. The van der Waals surface area contributed by atoms with Gasteiger partial charge in [0.05, 0.1) is 6.04 Å². The first-order valence-corrected chi connectivity index (χ1v) is 8.63. The average Bonchev–Trinajstić information content (AvgIpc) is 2.53. The molecule has 4 heteroatoms. The van der Waals surface area contributed by atoms with E-state index in [4.69, 9.17) is 0 Å². The molecule has 1 aromatic rings. The van der Waals surface area contributed by atoms with Crippen LogP contribution in [0.15, 0.2) is 18.2 Å². The number of carbonyl (C=O) groups is 1. The van der Waals surface area contributed by atoms with Crippen LogP contribution in [0.3, 0.4) is 0 Å². The fraction of sp³-hybridized carbons (Fsp3) is 0.632. The van der Waals surface area contributed by atoms with E-state index in [0.717, 1.165) is 31.2 Å². The molecule has 128 valence electrons. The van der Waals surface area contributed by atoms with Crippen LogP contribution in [0, 0.1) is 19.8 Å². The van der Waals surface area contributed by atoms with Crippen molar-refractivity contribution in [1.29, 1.82) is 0 Å². The van der Waals surface area contributed by atoms with Crippen LogP contribution in [0.2, 0.25) is 0 Å². The van der Waals surface area contributed by atoms with E-state index in [9.17, 15) is 9.90 Å². The van der Waals surface area contributed by atoms with E-state index in [1.54, 1.807) is 0 Å². The second kappa shape index (κ2) is 7.82. The average molecular weight is 318 g/mol. The Bertz CT molecular complexity index is 516. The summed E-state index contributed by atoms with van der Waals surface area (Å²) in [4.78, 5) is 14.4. The second-order valence-electron chi connectivity index (χ2n) is 7.06. The van der Waals surface area contributed by atoms with Gasteiger partial charge in [0.2, 0.25) is 0 Å². The third-order valence-electron chi connectivity index (χ3n) is 5.03. The van der Waals surface area contributed by atoms with Crippen molar-refractivity contribution in [1.82, 2.24) is 10.2 Å². The predicted molar refractivity (Wildman–Crippen MR) is 93.5 cm³/mol. The van der Waals surface area contributed by atoms with Crippen molar-refractivity contribution in [2.75, 3.05) is 13.7 Å². The lowest BCUT2D eigenvalue weighted by atomic mass is 9.86. The molecule has 1 atom stereocenters. The summed E-state index contributed by atoms with van der Waals surface area (Å²) < 4.78 is 0. The molecule has 1 aliphatic rings. The first-order chi connectivity index (χ1) is 10.9. The third-order valence-corrected chi connectivity index (χ3v) is 5.03. The molecule has 0 aromatic heterocycles. The second-order valence-corrected chi connectivity index (χ2v) is 7.06. The third kappa shape index (κ3) is 4.71. The molecule has 2 N–H and O–H groups in total. The summed E-state index contributed by atoms with van der Waals surface area (Å²) in [6, 6.07) is 6.67. The van der Waals surface area contributed by atoms with Crippen molar-refractivity contribution < 1.29 is 9.90 Å². The van der Waals surface area contributed by atoms with Crippen LogP contribution in [0.5, 0.6) is 0 Å². The van der Waals surface area contributed by atoms with Crippen LogP contribution in [0.25, 0.3) is 0 Å². The molecule has 1 aliphatic carbocycles. The van der Waals surface area contributed by atoms with E-state index in [0.29, 0.717) is 5.92 Å². The summed E-state index contributed by atoms with van der Waals surface area (Å²) in [6.07, 6.45) is 3.97. The Kier molecular flexibility index (Phi) is 6.05. The zero-order valence-electron chi connectivity index (χ0n) is 14.8. The van der Waals surface area contributed by atoms with Crippen LogP contribution in [-0.2, 0) is 0 Å². The monoisotopic (exact) mass is 318 g/mol. The molecule has 1 unspecified atom stereocenters. The molecule has 23 heavy (non-hydrogen) atoms. The summed E-state index contributed by atoms with van der Waals surface area (Å²) in [7, 11) is 1.88. The first kappa shape index (κ1) is 17.8. The van der Waals surface area contributed by atoms with Gasteiger partial charge in [-0.25, -0.2) is 4.79 Å². The van der Waals surface area contributed by atoms with Gasteiger partial charge in [-0.05, 0) is 57.9 Å². The van der Waals surface area contributed by atoms with E-state index in [1.165, 1.54) is 11.1 Å². The van der Waals surface area contributed by atoms with E-state index in [-0.39, 0.29) is 24.7 Å². The number of nitrogens with zero attached hydrogens (tertiary/aromatic N) is 1. The zero-order chi connectivity index (χ0) is 17.0. The molecule has 0 heterocycles. The van der Waals surface area contributed by atoms with Crippen LogP contribution >= 0.6 is 0 Å². The van der Waals surface area contributed by atoms with Crippen LogP contribution in [-0.4, -0.2) is 35.7 Å². The number of carbonyl (C=O) groups excluding carboxylic acids is 1. The molecule has 2 rings (SSSR count).